The highest BCUT2D eigenvalue weighted by Gasteiger charge is 2.21. The Morgan fingerprint density at radius 3 is 1.62 bits per heavy atom. The van der Waals surface area contributed by atoms with Crippen LogP contribution in [0.3, 0.4) is 0 Å². The van der Waals surface area contributed by atoms with Gasteiger partial charge in [0.05, 0.1) is 13.1 Å². The summed E-state index contributed by atoms with van der Waals surface area (Å²) >= 11 is 0. The molecule has 0 fully saturated rings. The van der Waals surface area contributed by atoms with Crippen molar-refractivity contribution in [3.63, 3.8) is 0 Å². The molecule has 0 aliphatic heterocycles. The van der Waals surface area contributed by atoms with Gasteiger partial charge in [-0.1, -0.05) is 0 Å². The Bertz CT molecular complexity index is 786. The van der Waals surface area contributed by atoms with Gasteiger partial charge in [-0.2, -0.15) is 0 Å². The summed E-state index contributed by atoms with van der Waals surface area (Å²) in [5.41, 5.74) is 3.76. The molecule has 0 atom stereocenters. The zero-order valence-electron chi connectivity index (χ0n) is 22.0. The van der Waals surface area contributed by atoms with E-state index < -0.39 is 23.4 Å². The number of carbonyl (C=O) groups is 3. The van der Waals surface area contributed by atoms with Crippen LogP contribution < -0.4 is 15.2 Å². The number of nitrogens with zero attached hydrogens (tertiary/aromatic N) is 2. The largest absolute Gasteiger partial charge is 0.488 e. The van der Waals surface area contributed by atoms with E-state index in [0.717, 1.165) is 0 Å². The Hall–Kier alpha value is -3.01. The van der Waals surface area contributed by atoms with Crippen LogP contribution in [0.2, 0.25) is 0 Å². The number of benzene rings is 1. The Morgan fingerprint density at radius 2 is 1.24 bits per heavy atom. The van der Waals surface area contributed by atoms with Crippen molar-refractivity contribution >= 4 is 18.5 Å². The fourth-order valence-electron chi connectivity index (χ4n) is 2.28. The molecule has 0 unspecified atom stereocenters. The summed E-state index contributed by atoms with van der Waals surface area (Å²) in [6.07, 6.45) is -0.192. The number of hydrogen-bond donors (Lipinski definition) is 1. The maximum Gasteiger partial charge on any atom is 0.410 e. The highest BCUT2D eigenvalue weighted by atomic mass is 16.6. The molecule has 0 aliphatic rings. The molecule has 10 heteroatoms. The molecule has 1 rings (SSSR count). The van der Waals surface area contributed by atoms with Gasteiger partial charge in [0.2, 0.25) is 0 Å². The SMILES string of the molecule is CN.CN(CCOc1ccc(C=O)cc1OCCN(C)C(=O)OC(C)(C)C)C(=O)OC(C)(C)C. The van der Waals surface area contributed by atoms with Gasteiger partial charge in [-0.25, -0.2) is 9.59 Å². The molecule has 0 bridgehead atoms. The summed E-state index contributed by atoms with van der Waals surface area (Å²) in [5, 5.41) is 0. The molecule has 1 aromatic rings. The van der Waals surface area contributed by atoms with Gasteiger partial charge >= 0.3 is 12.2 Å². The average Bonchev–Trinajstić information content (AvgIpc) is 2.73. The first-order valence-corrected chi connectivity index (χ1v) is 11.0. The topological polar surface area (TPSA) is 121 Å². The lowest BCUT2D eigenvalue weighted by atomic mass is 10.2. The van der Waals surface area contributed by atoms with E-state index in [1.165, 1.54) is 16.8 Å². The molecule has 2 amide bonds. The lowest BCUT2D eigenvalue weighted by Crippen LogP contribution is -2.36. The molecule has 10 nitrogen and oxygen atoms in total. The maximum atomic E-state index is 12.1. The van der Waals surface area contributed by atoms with E-state index >= 15 is 0 Å². The predicted molar refractivity (Wildman–Crippen MR) is 131 cm³/mol. The number of hydrogen-bond acceptors (Lipinski definition) is 8. The first-order chi connectivity index (χ1) is 15.7. The van der Waals surface area contributed by atoms with Crippen molar-refractivity contribution in [1.82, 2.24) is 9.80 Å². The third kappa shape index (κ3) is 12.9. The van der Waals surface area contributed by atoms with Crippen LogP contribution in [0.1, 0.15) is 51.9 Å². The Morgan fingerprint density at radius 1 is 0.824 bits per heavy atom. The number of rotatable bonds is 9. The summed E-state index contributed by atoms with van der Waals surface area (Å²) in [6.45, 7) is 11.7. The number of amides is 2. The molecule has 2 N–H and O–H groups in total. The summed E-state index contributed by atoms with van der Waals surface area (Å²) in [6, 6.07) is 4.80. The molecule has 0 radical (unpaired) electrons. The summed E-state index contributed by atoms with van der Waals surface area (Å²) in [4.78, 5) is 38.1. The van der Waals surface area contributed by atoms with Crippen molar-refractivity contribution in [1.29, 1.82) is 0 Å². The van der Waals surface area contributed by atoms with Crippen molar-refractivity contribution in [2.45, 2.75) is 52.7 Å². The molecule has 194 valence electrons. The minimum absolute atomic E-state index is 0.173. The van der Waals surface area contributed by atoms with E-state index in [2.05, 4.69) is 5.73 Å². The molecule has 0 heterocycles. The number of aldehydes is 1. The highest BCUT2D eigenvalue weighted by molar-refractivity contribution is 5.76. The first kappa shape index (κ1) is 31.0. The molecular formula is C24H41N3O7. The third-order valence-corrected chi connectivity index (χ3v) is 3.88. The molecule has 34 heavy (non-hydrogen) atoms. The second-order valence-electron chi connectivity index (χ2n) is 9.32. The molecule has 1 aromatic carbocycles. The summed E-state index contributed by atoms with van der Waals surface area (Å²) in [7, 11) is 4.74. The van der Waals surface area contributed by atoms with Crippen LogP contribution in [0.25, 0.3) is 0 Å². The quantitative estimate of drug-likeness (QED) is 0.529. The lowest BCUT2D eigenvalue weighted by Gasteiger charge is -2.25. The van der Waals surface area contributed by atoms with Gasteiger partial charge in [-0.15, -0.1) is 0 Å². The van der Waals surface area contributed by atoms with Gasteiger partial charge in [0.25, 0.3) is 0 Å². The number of ether oxygens (including phenoxy) is 4. The Labute approximate surface area is 203 Å². The number of nitrogens with two attached hydrogens (primary N) is 1. The van der Waals surface area contributed by atoms with Crippen molar-refractivity contribution in [3.8, 4) is 11.5 Å². The maximum absolute atomic E-state index is 12.1. The van der Waals surface area contributed by atoms with E-state index in [1.54, 1.807) is 73.8 Å². The normalized spacial score (nSPS) is 10.9. The van der Waals surface area contributed by atoms with Crippen LogP contribution in [0, 0.1) is 0 Å². The standard InChI is InChI=1S/C23H36N2O7.CH5N/c1-22(2,3)31-20(27)24(7)11-13-29-18-10-9-17(16-26)15-19(18)30-14-12-25(8)21(28)32-23(4,5)6;1-2/h9-10,15-16H,11-14H2,1-8H3;2H2,1H3. The minimum atomic E-state index is -0.585. The van der Waals surface area contributed by atoms with Gasteiger partial charge < -0.3 is 34.5 Å². The molecule has 0 spiro atoms. The molecule has 0 aromatic heterocycles. The smallest absolute Gasteiger partial charge is 0.410 e. The Kier molecular flexibility index (Phi) is 13.0. The zero-order chi connectivity index (χ0) is 26.5. The van der Waals surface area contributed by atoms with Crippen LogP contribution in [-0.2, 0) is 9.47 Å². The van der Waals surface area contributed by atoms with Crippen molar-refractivity contribution < 1.29 is 33.3 Å². The highest BCUT2D eigenvalue weighted by Crippen LogP contribution is 2.28. The van der Waals surface area contributed by atoms with E-state index in [0.29, 0.717) is 29.9 Å². The van der Waals surface area contributed by atoms with Gasteiger partial charge in [-0.3, -0.25) is 4.79 Å². The average molecular weight is 484 g/mol. The minimum Gasteiger partial charge on any atom is -0.488 e. The van der Waals surface area contributed by atoms with Crippen LogP contribution in [0.4, 0.5) is 9.59 Å². The Balaban J connectivity index is 0.00000529. The van der Waals surface area contributed by atoms with Gasteiger partial charge in [0.15, 0.2) is 11.5 Å². The molecular weight excluding hydrogens is 442 g/mol. The molecule has 0 saturated heterocycles. The zero-order valence-corrected chi connectivity index (χ0v) is 22.0. The second-order valence-corrected chi connectivity index (χ2v) is 9.32. The van der Waals surface area contributed by atoms with E-state index in [4.69, 9.17) is 18.9 Å². The van der Waals surface area contributed by atoms with Gasteiger partial charge in [0.1, 0.15) is 30.7 Å². The van der Waals surface area contributed by atoms with E-state index in [1.807, 2.05) is 0 Å². The molecule has 0 aliphatic carbocycles. The van der Waals surface area contributed by atoms with E-state index in [-0.39, 0.29) is 19.8 Å². The first-order valence-electron chi connectivity index (χ1n) is 11.0. The predicted octanol–water partition coefficient (Wildman–Crippen LogP) is 3.57. The van der Waals surface area contributed by atoms with Crippen LogP contribution in [0.5, 0.6) is 11.5 Å². The summed E-state index contributed by atoms with van der Waals surface area (Å²) in [5.74, 6) is 0.792. The van der Waals surface area contributed by atoms with Crippen molar-refractivity contribution in [2.75, 3.05) is 47.4 Å². The molecule has 0 saturated carbocycles. The third-order valence-electron chi connectivity index (χ3n) is 3.88. The number of carbonyl (C=O) groups excluding carboxylic acids is 3. The van der Waals surface area contributed by atoms with Crippen LogP contribution in [0.15, 0.2) is 18.2 Å². The summed E-state index contributed by atoms with van der Waals surface area (Å²) < 4.78 is 22.1. The fourth-order valence-corrected chi connectivity index (χ4v) is 2.28. The van der Waals surface area contributed by atoms with E-state index in [9.17, 15) is 14.4 Å². The van der Waals surface area contributed by atoms with Crippen molar-refractivity contribution in [3.05, 3.63) is 23.8 Å². The van der Waals surface area contributed by atoms with Crippen LogP contribution >= 0.6 is 0 Å². The fraction of sp³-hybridized carbons (Fsp3) is 0.625. The second kappa shape index (κ2) is 14.3. The van der Waals surface area contributed by atoms with Crippen molar-refractivity contribution in [2.24, 2.45) is 5.73 Å². The monoisotopic (exact) mass is 483 g/mol. The van der Waals surface area contributed by atoms with Crippen LogP contribution in [-0.4, -0.2) is 86.9 Å². The van der Waals surface area contributed by atoms with Gasteiger partial charge in [-0.05, 0) is 66.8 Å². The van der Waals surface area contributed by atoms with Gasteiger partial charge in [0, 0.05) is 19.7 Å². The number of likely N-dealkylation sites (N-methyl/N-ethyl adjacent to an activating group) is 2. The lowest BCUT2D eigenvalue weighted by molar-refractivity contribution is 0.0263.